The highest BCUT2D eigenvalue weighted by molar-refractivity contribution is 6.32. The van der Waals surface area contributed by atoms with Crippen molar-refractivity contribution in [2.24, 2.45) is 5.92 Å². The number of carbonyl (C=O) groups excluding carboxylic acids is 2. The number of halogens is 1. The number of furan rings is 1. The Hall–Kier alpha value is -2.47. The molecule has 1 heterocycles. The summed E-state index contributed by atoms with van der Waals surface area (Å²) in [6.45, 7) is 3.68. The van der Waals surface area contributed by atoms with Crippen molar-refractivity contribution in [3.05, 3.63) is 47.4 Å². The molecule has 1 aromatic carbocycles. The number of methoxy groups -OCH3 is 1. The predicted molar refractivity (Wildman–Crippen MR) is 91.4 cm³/mol. The second-order valence-electron chi connectivity index (χ2n) is 5.51. The third-order valence-electron chi connectivity index (χ3n) is 3.40. The fourth-order valence-corrected chi connectivity index (χ4v) is 2.38. The van der Waals surface area contributed by atoms with Crippen LogP contribution in [0.2, 0.25) is 5.02 Å². The lowest BCUT2D eigenvalue weighted by Gasteiger charge is -2.21. The van der Waals surface area contributed by atoms with Crippen LogP contribution in [0.3, 0.4) is 0 Å². The molecule has 0 unspecified atom stereocenters. The highest BCUT2D eigenvalue weighted by Gasteiger charge is 2.25. The Kier molecular flexibility index (Phi) is 5.87. The summed E-state index contributed by atoms with van der Waals surface area (Å²) in [6, 6.07) is 7.35. The summed E-state index contributed by atoms with van der Waals surface area (Å²) < 4.78 is 10.1. The molecule has 0 fully saturated rings. The van der Waals surface area contributed by atoms with E-state index < -0.39 is 11.9 Å². The SMILES string of the molecule is COc1ccc(NC(=O)[C@@H](NC(=O)c2ccco2)C(C)C)cc1Cl. The maximum atomic E-state index is 12.5. The molecule has 0 bridgehead atoms. The molecule has 1 atom stereocenters. The van der Waals surface area contributed by atoms with E-state index in [0.29, 0.717) is 16.5 Å². The molecule has 0 aliphatic carbocycles. The van der Waals surface area contributed by atoms with E-state index >= 15 is 0 Å². The lowest BCUT2D eigenvalue weighted by Crippen LogP contribution is -2.47. The van der Waals surface area contributed by atoms with Crippen molar-refractivity contribution < 1.29 is 18.7 Å². The minimum Gasteiger partial charge on any atom is -0.495 e. The van der Waals surface area contributed by atoms with Gasteiger partial charge in [-0.2, -0.15) is 0 Å². The average molecular weight is 351 g/mol. The molecule has 1 aromatic heterocycles. The summed E-state index contributed by atoms with van der Waals surface area (Å²) in [5.74, 6) is -0.229. The van der Waals surface area contributed by atoms with Crippen molar-refractivity contribution in [3.63, 3.8) is 0 Å². The smallest absolute Gasteiger partial charge is 0.287 e. The summed E-state index contributed by atoms with van der Waals surface area (Å²) in [5.41, 5.74) is 0.517. The lowest BCUT2D eigenvalue weighted by molar-refractivity contribution is -0.118. The van der Waals surface area contributed by atoms with Gasteiger partial charge in [0.05, 0.1) is 18.4 Å². The van der Waals surface area contributed by atoms with Gasteiger partial charge in [-0.15, -0.1) is 0 Å². The van der Waals surface area contributed by atoms with E-state index in [0.717, 1.165) is 0 Å². The molecule has 2 rings (SSSR count). The summed E-state index contributed by atoms with van der Waals surface area (Å²) in [6.07, 6.45) is 1.40. The topological polar surface area (TPSA) is 80.6 Å². The van der Waals surface area contributed by atoms with Gasteiger partial charge in [0, 0.05) is 5.69 Å². The third kappa shape index (κ3) is 4.29. The van der Waals surface area contributed by atoms with Crippen LogP contribution in [-0.4, -0.2) is 25.0 Å². The van der Waals surface area contributed by atoms with Gasteiger partial charge >= 0.3 is 0 Å². The Balaban J connectivity index is 2.09. The second-order valence-corrected chi connectivity index (χ2v) is 5.92. The largest absolute Gasteiger partial charge is 0.495 e. The molecule has 2 N–H and O–H groups in total. The number of amides is 2. The van der Waals surface area contributed by atoms with Gasteiger partial charge in [-0.1, -0.05) is 25.4 Å². The van der Waals surface area contributed by atoms with Crippen LogP contribution in [0, 0.1) is 5.92 Å². The number of rotatable bonds is 6. The minimum absolute atomic E-state index is 0.113. The normalized spacial score (nSPS) is 11.9. The Morgan fingerprint density at radius 3 is 2.54 bits per heavy atom. The van der Waals surface area contributed by atoms with Crippen LogP contribution in [0.25, 0.3) is 0 Å². The van der Waals surface area contributed by atoms with Crippen molar-refractivity contribution in [1.82, 2.24) is 5.32 Å². The zero-order chi connectivity index (χ0) is 17.7. The minimum atomic E-state index is -0.719. The van der Waals surface area contributed by atoms with Gasteiger partial charge in [-0.25, -0.2) is 0 Å². The second kappa shape index (κ2) is 7.88. The quantitative estimate of drug-likeness (QED) is 0.837. The van der Waals surface area contributed by atoms with Crippen LogP contribution < -0.4 is 15.4 Å². The molecule has 0 saturated carbocycles. The maximum absolute atomic E-state index is 12.5. The first-order valence-corrected chi connectivity index (χ1v) is 7.79. The molecule has 24 heavy (non-hydrogen) atoms. The van der Waals surface area contributed by atoms with Crippen molar-refractivity contribution in [1.29, 1.82) is 0 Å². The van der Waals surface area contributed by atoms with Gasteiger partial charge in [0.2, 0.25) is 5.91 Å². The number of benzene rings is 1. The number of ether oxygens (including phenoxy) is 1. The van der Waals surface area contributed by atoms with E-state index in [4.69, 9.17) is 20.8 Å². The standard InChI is InChI=1S/C17H19ClN2O4/c1-10(2)15(20-16(21)14-5-4-8-24-14)17(22)19-11-6-7-13(23-3)12(18)9-11/h4-10,15H,1-3H3,(H,19,22)(H,20,21)/t15-/m0/s1. The van der Waals surface area contributed by atoms with Gasteiger partial charge < -0.3 is 19.8 Å². The molecule has 0 saturated heterocycles. The first-order valence-electron chi connectivity index (χ1n) is 7.41. The van der Waals surface area contributed by atoms with Crippen LogP contribution in [-0.2, 0) is 4.79 Å². The van der Waals surface area contributed by atoms with Crippen molar-refractivity contribution in [2.75, 3.05) is 12.4 Å². The molecule has 0 aliphatic rings. The first-order chi connectivity index (χ1) is 11.4. The van der Waals surface area contributed by atoms with Crippen LogP contribution >= 0.6 is 11.6 Å². The highest BCUT2D eigenvalue weighted by Crippen LogP contribution is 2.27. The summed E-state index contributed by atoms with van der Waals surface area (Å²) in [5, 5.41) is 5.80. The van der Waals surface area contributed by atoms with Gasteiger partial charge in [0.25, 0.3) is 5.91 Å². The lowest BCUT2D eigenvalue weighted by atomic mass is 10.0. The molecule has 2 aromatic rings. The molecule has 6 nitrogen and oxygen atoms in total. The molecule has 0 spiro atoms. The van der Waals surface area contributed by atoms with E-state index in [9.17, 15) is 9.59 Å². The summed E-state index contributed by atoms with van der Waals surface area (Å²) in [7, 11) is 1.51. The molecule has 2 amide bonds. The van der Waals surface area contributed by atoms with Gasteiger partial charge in [-0.3, -0.25) is 9.59 Å². The Morgan fingerprint density at radius 1 is 1.25 bits per heavy atom. The summed E-state index contributed by atoms with van der Waals surface area (Å²) in [4.78, 5) is 24.6. The van der Waals surface area contributed by atoms with E-state index in [2.05, 4.69) is 10.6 Å². The molecule has 0 radical (unpaired) electrons. The zero-order valence-electron chi connectivity index (χ0n) is 13.6. The number of nitrogens with one attached hydrogen (secondary N) is 2. The van der Waals surface area contributed by atoms with Crippen LogP contribution in [0.1, 0.15) is 24.4 Å². The predicted octanol–water partition coefficient (Wildman–Crippen LogP) is 3.33. The third-order valence-corrected chi connectivity index (χ3v) is 3.70. The number of hydrogen-bond donors (Lipinski definition) is 2. The molecule has 7 heteroatoms. The first kappa shape index (κ1) is 17.9. The van der Waals surface area contributed by atoms with E-state index in [1.54, 1.807) is 24.3 Å². The van der Waals surface area contributed by atoms with Crippen molar-refractivity contribution in [3.8, 4) is 5.75 Å². The fraction of sp³-hybridized carbons (Fsp3) is 0.294. The van der Waals surface area contributed by atoms with E-state index in [1.165, 1.54) is 19.4 Å². The number of anilines is 1. The average Bonchev–Trinajstić information content (AvgIpc) is 3.06. The zero-order valence-corrected chi connectivity index (χ0v) is 14.4. The van der Waals surface area contributed by atoms with Crippen LogP contribution in [0.15, 0.2) is 41.0 Å². The Labute approximate surface area is 145 Å². The maximum Gasteiger partial charge on any atom is 0.287 e. The molecular formula is C17H19ClN2O4. The van der Waals surface area contributed by atoms with E-state index in [1.807, 2.05) is 13.8 Å². The Morgan fingerprint density at radius 2 is 2.00 bits per heavy atom. The van der Waals surface area contributed by atoms with Crippen LogP contribution in [0.5, 0.6) is 5.75 Å². The van der Waals surface area contributed by atoms with Gasteiger partial charge in [0.15, 0.2) is 5.76 Å². The monoisotopic (exact) mass is 350 g/mol. The summed E-state index contributed by atoms with van der Waals surface area (Å²) >= 11 is 6.05. The van der Waals surface area contributed by atoms with Crippen LogP contribution in [0.4, 0.5) is 5.69 Å². The molecule has 0 aliphatic heterocycles. The van der Waals surface area contributed by atoms with Crippen molar-refractivity contribution in [2.45, 2.75) is 19.9 Å². The highest BCUT2D eigenvalue weighted by atomic mass is 35.5. The molecule has 128 valence electrons. The Bertz CT molecular complexity index is 713. The van der Waals surface area contributed by atoms with Gasteiger partial charge in [0.1, 0.15) is 11.8 Å². The van der Waals surface area contributed by atoms with E-state index in [-0.39, 0.29) is 17.6 Å². The number of carbonyl (C=O) groups is 2. The fourth-order valence-electron chi connectivity index (χ4n) is 2.12. The molecular weight excluding hydrogens is 332 g/mol. The van der Waals surface area contributed by atoms with Gasteiger partial charge in [-0.05, 0) is 36.2 Å². The number of hydrogen-bond acceptors (Lipinski definition) is 4. The van der Waals surface area contributed by atoms with Crippen molar-refractivity contribution >= 4 is 29.1 Å².